The van der Waals surface area contributed by atoms with E-state index in [2.05, 4.69) is 5.32 Å². The van der Waals surface area contributed by atoms with Gasteiger partial charge in [-0.15, -0.1) is 0 Å². The van der Waals surface area contributed by atoms with Crippen molar-refractivity contribution in [3.8, 4) is 11.5 Å². The van der Waals surface area contributed by atoms with Gasteiger partial charge in [0, 0.05) is 10.7 Å². The summed E-state index contributed by atoms with van der Waals surface area (Å²) in [5, 5.41) is 2.67. The molecule has 0 unspecified atom stereocenters. The van der Waals surface area contributed by atoms with Crippen molar-refractivity contribution in [2.45, 2.75) is 6.92 Å². The number of imide groups is 1. The van der Waals surface area contributed by atoms with Crippen LogP contribution in [0.15, 0.2) is 65.6 Å². The Balaban J connectivity index is 1.52. The zero-order valence-corrected chi connectivity index (χ0v) is 21.6. The molecule has 0 spiro atoms. The molecule has 1 aliphatic heterocycles. The van der Waals surface area contributed by atoms with Crippen LogP contribution in [0.2, 0.25) is 10.0 Å². The molecule has 0 radical (unpaired) electrons. The number of amides is 3. The largest absolute Gasteiger partial charge is 0.490 e. The quantitative estimate of drug-likeness (QED) is 0.305. The molecule has 11 heteroatoms. The van der Waals surface area contributed by atoms with E-state index in [1.54, 1.807) is 31.2 Å². The minimum absolute atomic E-state index is 0.140. The lowest BCUT2D eigenvalue weighted by molar-refractivity contribution is -0.118. The molecule has 3 aromatic carbocycles. The second-order valence-corrected chi connectivity index (χ2v) is 9.44. The normalized spacial score (nSPS) is 14.3. The summed E-state index contributed by atoms with van der Waals surface area (Å²) >= 11 is 13.2. The molecule has 7 nitrogen and oxygen atoms in total. The van der Waals surface area contributed by atoms with Crippen LogP contribution in [0.4, 0.5) is 20.6 Å². The van der Waals surface area contributed by atoms with E-state index < -0.39 is 22.9 Å². The first-order valence-electron chi connectivity index (χ1n) is 10.9. The fraction of sp³-hybridized carbons (Fsp3) is 0.115. The van der Waals surface area contributed by atoms with Gasteiger partial charge in [-0.3, -0.25) is 14.4 Å². The van der Waals surface area contributed by atoms with Gasteiger partial charge in [0.2, 0.25) is 0 Å². The molecule has 1 saturated heterocycles. The monoisotopic (exact) mass is 560 g/mol. The zero-order chi connectivity index (χ0) is 26.5. The van der Waals surface area contributed by atoms with Crippen LogP contribution in [0.25, 0.3) is 6.08 Å². The highest BCUT2D eigenvalue weighted by Crippen LogP contribution is 2.40. The molecule has 1 N–H and O–H groups in total. The number of carbonyl (C=O) groups is 3. The number of rotatable bonds is 8. The lowest BCUT2D eigenvalue weighted by Crippen LogP contribution is -2.27. The zero-order valence-electron chi connectivity index (χ0n) is 19.3. The number of halogens is 3. The third kappa shape index (κ3) is 6.43. The minimum atomic E-state index is -0.496. The number of nitrogens with one attached hydrogen (secondary N) is 1. The van der Waals surface area contributed by atoms with Gasteiger partial charge in [0.1, 0.15) is 5.82 Å². The second kappa shape index (κ2) is 11.7. The fourth-order valence-corrected chi connectivity index (χ4v) is 4.70. The van der Waals surface area contributed by atoms with E-state index in [4.69, 9.17) is 32.7 Å². The van der Waals surface area contributed by atoms with Gasteiger partial charge in [-0.1, -0.05) is 29.3 Å². The Bertz CT molecular complexity index is 1400. The van der Waals surface area contributed by atoms with Gasteiger partial charge in [0.05, 0.1) is 22.2 Å². The fourth-order valence-electron chi connectivity index (χ4n) is 3.40. The summed E-state index contributed by atoms with van der Waals surface area (Å²) in [6, 6.07) is 14.9. The Labute approximate surface area is 226 Å². The van der Waals surface area contributed by atoms with E-state index >= 15 is 0 Å². The summed E-state index contributed by atoms with van der Waals surface area (Å²) in [5.41, 5.74) is 1.27. The van der Waals surface area contributed by atoms with Crippen molar-refractivity contribution in [2.75, 3.05) is 23.4 Å². The molecule has 37 heavy (non-hydrogen) atoms. The predicted molar refractivity (Wildman–Crippen MR) is 143 cm³/mol. The van der Waals surface area contributed by atoms with Gasteiger partial charge in [0.15, 0.2) is 18.1 Å². The highest BCUT2D eigenvalue weighted by atomic mass is 35.5. The lowest BCUT2D eigenvalue weighted by atomic mass is 10.1. The molecule has 0 saturated carbocycles. The molecule has 3 aromatic rings. The third-order valence-corrected chi connectivity index (χ3v) is 6.35. The van der Waals surface area contributed by atoms with Crippen molar-refractivity contribution >= 4 is 69.5 Å². The molecule has 190 valence electrons. The molecule has 0 atom stereocenters. The van der Waals surface area contributed by atoms with Crippen LogP contribution in [-0.2, 0) is 9.59 Å². The van der Waals surface area contributed by atoms with E-state index in [0.29, 0.717) is 22.0 Å². The molecule has 1 fully saturated rings. The summed E-state index contributed by atoms with van der Waals surface area (Å²) in [5.74, 6) is -1.00. The summed E-state index contributed by atoms with van der Waals surface area (Å²) in [6.45, 7) is 1.67. The Morgan fingerprint density at radius 2 is 1.84 bits per heavy atom. The molecule has 1 heterocycles. The number of nitrogens with zero attached hydrogens (tertiary/aromatic N) is 1. The minimum Gasteiger partial charge on any atom is -0.490 e. The van der Waals surface area contributed by atoms with Crippen molar-refractivity contribution in [2.24, 2.45) is 0 Å². The van der Waals surface area contributed by atoms with Crippen molar-refractivity contribution < 1.29 is 28.2 Å². The standard InChI is InChI=1S/C26H19Cl2FN2O5S/c1-2-35-21-11-15(12-22-25(33)31(26(34)37-22)19-5-3-4-16(27)13-19)10-20(28)24(21)36-14-23(32)30-18-8-6-17(29)7-9-18/h3-13H,2,14H2,1H3,(H,30,32)/b22-12+. The highest BCUT2D eigenvalue weighted by molar-refractivity contribution is 8.19. The molecule has 3 amide bonds. The number of carbonyl (C=O) groups excluding carboxylic acids is 3. The lowest BCUT2D eigenvalue weighted by Gasteiger charge is -2.15. The van der Waals surface area contributed by atoms with E-state index in [0.717, 1.165) is 16.7 Å². The Hall–Kier alpha value is -3.53. The number of hydrogen-bond acceptors (Lipinski definition) is 6. The van der Waals surface area contributed by atoms with Crippen molar-refractivity contribution in [3.63, 3.8) is 0 Å². The SMILES string of the molecule is CCOc1cc(/C=C2/SC(=O)N(c3cccc(Cl)c3)C2=O)cc(Cl)c1OCC(=O)Nc1ccc(F)cc1. The maximum atomic E-state index is 13.1. The molecular formula is C26H19Cl2FN2O5S. The third-order valence-electron chi connectivity index (χ3n) is 4.97. The van der Waals surface area contributed by atoms with E-state index in [1.165, 1.54) is 42.5 Å². The summed E-state index contributed by atoms with van der Waals surface area (Å²) < 4.78 is 24.3. The molecular weight excluding hydrogens is 542 g/mol. The van der Waals surface area contributed by atoms with Crippen LogP contribution in [0, 0.1) is 5.82 Å². The number of ether oxygens (including phenoxy) is 2. The number of hydrogen-bond donors (Lipinski definition) is 1. The second-order valence-electron chi connectivity index (χ2n) is 7.60. The highest BCUT2D eigenvalue weighted by Gasteiger charge is 2.36. The summed E-state index contributed by atoms with van der Waals surface area (Å²) in [7, 11) is 0. The predicted octanol–water partition coefficient (Wildman–Crippen LogP) is 6.79. The van der Waals surface area contributed by atoms with Gasteiger partial charge in [0.25, 0.3) is 17.1 Å². The van der Waals surface area contributed by atoms with Gasteiger partial charge in [-0.05, 0) is 84.9 Å². The van der Waals surface area contributed by atoms with Gasteiger partial charge in [-0.25, -0.2) is 9.29 Å². The maximum Gasteiger partial charge on any atom is 0.298 e. The average molecular weight is 561 g/mol. The van der Waals surface area contributed by atoms with Crippen LogP contribution in [0.1, 0.15) is 12.5 Å². The van der Waals surface area contributed by atoms with Crippen LogP contribution >= 0.6 is 35.0 Å². The van der Waals surface area contributed by atoms with Crippen LogP contribution in [-0.4, -0.2) is 30.3 Å². The van der Waals surface area contributed by atoms with Crippen molar-refractivity contribution in [3.05, 3.63) is 87.0 Å². The van der Waals surface area contributed by atoms with Gasteiger partial charge >= 0.3 is 0 Å². The average Bonchev–Trinajstić information content (AvgIpc) is 3.12. The smallest absolute Gasteiger partial charge is 0.298 e. The van der Waals surface area contributed by atoms with Gasteiger partial charge in [-0.2, -0.15) is 0 Å². The van der Waals surface area contributed by atoms with Crippen LogP contribution < -0.4 is 19.7 Å². The van der Waals surface area contributed by atoms with Crippen molar-refractivity contribution in [1.82, 2.24) is 0 Å². The Morgan fingerprint density at radius 3 is 2.54 bits per heavy atom. The summed E-state index contributed by atoms with van der Waals surface area (Å²) in [4.78, 5) is 39.0. The first-order chi connectivity index (χ1) is 17.7. The summed E-state index contributed by atoms with van der Waals surface area (Å²) in [6.07, 6.45) is 1.52. The Morgan fingerprint density at radius 1 is 1.08 bits per heavy atom. The number of benzene rings is 3. The first-order valence-corrected chi connectivity index (χ1v) is 12.5. The van der Waals surface area contributed by atoms with Gasteiger partial charge < -0.3 is 14.8 Å². The molecule has 1 aliphatic rings. The van der Waals surface area contributed by atoms with E-state index in [1.807, 2.05) is 0 Å². The molecule has 4 rings (SSSR count). The van der Waals surface area contributed by atoms with Crippen LogP contribution in [0.3, 0.4) is 0 Å². The first kappa shape index (κ1) is 26.5. The topological polar surface area (TPSA) is 84.9 Å². The maximum absolute atomic E-state index is 13.1. The van der Waals surface area contributed by atoms with Crippen molar-refractivity contribution in [1.29, 1.82) is 0 Å². The number of anilines is 2. The molecule has 0 bridgehead atoms. The van der Waals surface area contributed by atoms with Crippen LogP contribution in [0.5, 0.6) is 11.5 Å². The Kier molecular flexibility index (Phi) is 8.38. The molecule has 0 aliphatic carbocycles. The number of thioether (sulfide) groups is 1. The van der Waals surface area contributed by atoms with E-state index in [-0.39, 0.29) is 34.6 Å². The van der Waals surface area contributed by atoms with E-state index in [9.17, 15) is 18.8 Å². The molecule has 0 aromatic heterocycles.